The molecule has 1 heterocycles. The summed E-state index contributed by atoms with van der Waals surface area (Å²) < 4.78 is 31.8. The maximum atomic E-state index is 13.2. The van der Waals surface area contributed by atoms with Crippen molar-refractivity contribution in [1.82, 2.24) is 0 Å². The van der Waals surface area contributed by atoms with Gasteiger partial charge in [0.05, 0.1) is 22.5 Å². The molecule has 3 aromatic rings. The molecule has 0 amide bonds. The number of hydrogen-bond donors (Lipinski definition) is 2. The standard InChI is InChI=1S/C27H28N2O6S/c28-36(33,34)29(19-9-3-1-4-10-19)20-11-7-8-18(16-20)23(17-14-15-17)25-26(31)24-21(30)12-5-2-6-13-22(24)35-27(25)32/h1,3-4,7-11,16-17,23,31H,2,5-6,12-15H2,(H2,28,33,34). The van der Waals surface area contributed by atoms with Crippen molar-refractivity contribution in [3.8, 4) is 5.75 Å². The third-order valence-corrected chi connectivity index (χ3v) is 7.84. The largest absolute Gasteiger partial charge is 0.506 e. The van der Waals surface area contributed by atoms with Crippen LogP contribution >= 0.6 is 0 Å². The van der Waals surface area contributed by atoms with Crippen LogP contribution in [0.4, 0.5) is 11.4 Å². The Hall–Kier alpha value is -3.43. The summed E-state index contributed by atoms with van der Waals surface area (Å²) in [6, 6.07) is 15.2. The Labute approximate surface area is 209 Å². The van der Waals surface area contributed by atoms with Gasteiger partial charge in [0.25, 0.3) is 0 Å². The van der Waals surface area contributed by atoms with Crippen molar-refractivity contribution in [3.63, 3.8) is 0 Å². The fourth-order valence-corrected chi connectivity index (χ4v) is 5.97. The summed E-state index contributed by atoms with van der Waals surface area (Å²) in [4.78, 5) is 26.1. The van der Waals surface area contributed by atoms with Gasteiger partial charge in [-0.3, -0.25) is 4.79 Å². The number of nitrogens with two attached hydrogens (primary N) is 1. The molecule has 1 saturated carbocycles. The molecule has 188 valence electrons. The second-order valence-corrected chi connectivity index (χ2v) is 10.9. The number of nitrogens with zero attached hydrogens (tertiary/aromatic N) is 1. The van der Waals surface area contributed by atoms with Gasteiger partial charge in [-0.05, 0) is 61.4 Å². The summed E-state index contributed by atoms with van der Waals surface area (Å²) in [5, 5.41) is 16.9. The van der Waals surface area contributed by atoms with Crippen LogP contribution in [0, 0.1) is 5.92 Å². The fraction of sp³-hybridized carbons (Fsp3) is 0.333. The number of carbonyl (C=O) groups is 1. The van der Waals surface area contributed by atoms with Gasteiger partial charge >= 0.3 is 15.8 Å². The van der Waals surface area contributed by atoms with Crippen molar-refractivity contribution >= 4 is 27.4 Å². The first-order valence-electron chi connectivity index (χ1n) is 12.2. The maximum Gasteiger partial charge on any atom is 0.343 e. The Kier molecular flexibility index (Phi) is 6.44. The van der Waals surface area contributed by atoms with Gasteiger partial charge in [0, 0.05) is 18.8 Å². The number of rotatable bonds is 6. The minimum absolute atomic E-state index is 0.0513. The number of aryl methyl sites for hydroxylation is 1. The molecule has 1 unspecified atom stereocenters. The summed E-state index contributed by atoms with van der Waals surface area (Å²) >= 11 is 0. The molecule has 0 radical (unpaired) electrons. The highest BCUT2D eigenvalue weighted by Gasteiger charge is 2.39. The van der Waals surface area contributed by atoms with Crippen LogP contribution in [0.15, 0.2) is 63.8 Å². The zero-order chi connectivity index (χ0) is 25.4. The molecule has 1 aromatic heterocycles. The van der Waals surface area contributed by atoms with Crippen molar-refractivity contribution < 1.29 is 22.7 Å². The Bertz CT molecular complexity index is 1460. The van der Waals surface area contributed by atoms with E-state index in [2.05, 4.69) is 0 Å². The van der Waals surface area contributed by atoms with Crippen LogP contribution in [0.3, 0.4) is 0 Å². The van der Waals surface area contributed by atoms with E-state index in [0.717, 1.165) is 36.4 Å². The monoisotopic (exact) mass is 508 g/mol. The molecule has 36 heavy (non-hydrogen) atoms. The molecule has 0 aliphatic heterocycles. The molecule has 1 fully saturated rings. The lowest BCUT2D eigenvalue weighted by molar-refractivity contribution is 0.0968. The van der Waals surface area contributed by atoms with E-state index in [1.165, 1.54) is 0 Å². The topological polar surface area (TPSA) is 131 Å². The molecular weight excluding hydrogens is 480 g/mol. The average molecular weight is 509 g/mol. The second-order valence-electron chi connectivity index (χ2n) is 9.49. The number of hydrogen-bond acceptors (Lipinski definition) is 6. The number of fused-ring (bicyclic) bond motifs is 1. The van der Waals surface area contributed by atoms with Crippen LogP contribution in [0.5, 0.6) is 5.75 Å². The van der Waals surface area contributed by atoms with Gasteiger partial charge in [-0.2, -0.15) is 8.42 Å². The van der Waals surface area contributed by atoms with Gasteiger partial charge in [0.1, 0.15) is 11.5 Å². The molecule has 2 aliphatic rings. The first-order valence-corrected chi connectivity index (χ1v) is 13.7. The van der Waals surface area contributed by atoms with E-state index >= 15 is 0 Å². The molecule has 1 atom stereocenters. The Morgan fingerprint density at radius 2 is 1.64 bits per heavy atom. The van der Waals surface area contributed by atoms with Crippen molar-refractivity contribution in [2.45, 2.75) is 50.9 Å². The molecule has 8 nitrogen and oxygen atoms in total. The van der Waals surface area contributed by atoms with Gasteiger partial charge in [0.2, 0.25) is 0 Å². The molecule has 5 rings (SSSR count). The van der Waals surface area contributed by atoms with Crippen LogP contribution in [0.25, 0.3) is 0 Å². The highest BCUT2D eigenvalue weighted by atomic mass is 32.2. The summed E-state index contributed by atoms with van der Waals surface area (Å²) in [5.74, 6) is -0.779. The van der Waals surface area contributed by atoms with E-state index in [1.807, 2.05) is 0 Å². The van der Waals surface area contributed by atoms with Crippen molar-refractivity contribution in [2.75, 3.05) is 4.31 Å². The number of para-hydroxylation sites is 1. The summed E-state index contributed by atoms with van der Waals surface area (Å²) in [5.41, 5.74) is 0.826. The minimum Gasteiger partial charge on any atom is -0.506 e. The lowest BCUT2D eigenvalue weighted by Crippen LogP contribution is -2.32. The zero-order valence-corrected chi connectivity index (χ0v) is 20.5. The number of aromatic hydroxyl groups is 1. The molecule has 0 spiro atoms. The first kappa shape index (κ1) is 24.3. The fourth-order valence-electron chi connectivity index (χ4n) is 5.15. The molecule has 9 heteroatoms. The predicted molar refractivity (Wildman–Crippen MR) is 136 cm³/mol. The quantitative estimate of drug-likeness (QED) is 0.503. The number of carbonyl (C=O) groups excluding carboxylic acids is 1. The molecular formula is C27H28N2O6S. The van der Waals surface area contributed by atoms with Crippen LogP contribution in [-0.4, -0.2) is 19.3 Å². The predicted octanol–water partition coefficient (Wildman–Crippen LogP) is 4.53. The molecule has 2 aromatic carbocycles. The Morgan fingerprint density at radius 3 is 2.33 bits per heavy atom. The SMILES string of the molecule is NS(=O)(=O)N(c1ccccc1)c1cccc(C(c2c(O)c3c(oc2=O)CCCCCC3=O)C2CC2)c1. The normalized spacial score (nSPS) is 17.1. The van der Waals surface area contributed by atoms with Crippen molar-refractivity contribution in [3.05, 3.63) is 87.5 Å². The molecule has 0 saturated heterocycles. The van der Waals surface area contributed by atoms with E-state index in [9.17, 15) is 23.1 Å². The van der Waals surface area contributed by atoms with Crippen molar-refractivity contribution in [1.29, 1.82) is 0 Å². The van der Waals surface area contributed by atoms with Gasteiger partial charge in [-0.25, -0.2) is 14.2 Å². The number of Topliss-reactive ketones (excluding diaryl/α,β-unsaturated/α-hetero) is 1. The Morgan fingerprint density at radius 1 is 0.944 bits per heavy atom. The van der Waals surface area contributed by atoms with Gasteiger partial charge in [-0.15, -0.1) is 0 Å². The molecule has 3 N–H and O–H groups in total. The van der Waals surface area contributed by atoms with Crippen LogP contribution < -0.4 is 15.1 Å². The Balaban J connectivity index is 1.65. The zero-order valence-electron chi connectivity index (χ0n) is 19.7. The van der Waals surface area contributed by atoms with E-state index in [-0.39, 0.29) is 40.8 Å². The van der Waals surface area contributed by atoms with Crippen LogP contribution in [0.1, 0.15) is 71.7 Å². The lowest BCUT2D eigenvalue weighted by atomic mass is 9.85. The minimum atomic E-state index is -4.17. The van der Waals surface area contributed by atoms with E-state index in [4.69, 9.17) is 9.56 Å². The highest BCUT2D eigenvalue weighted by molar-refractivity contribution is 7.90. The van der Waals surface area contributed by atoms with Crippen molar-refractivity contribution in [2.24, 2.45) is 11.1 Å². The van der Waals surface area contributed by atoms with E-state index < -0.39 is 21.8 Å². The average Bonchev–Trinajstić information content (AvgIpc) is 3.65. The smallest absolute Gasteiger partial charge is 0.343 e. The molecule has 0 bridgehead atoms. The highest BCUT2D eigenvalue weighted by Crippen LogP contribution is 2.49. The molecule has 2 aliphatic carbocycles. The van der Waals surface area contributed by atoms with E-state index in [1.54, 1.807) is 54.6 Å². The lowest BCUT2D eigenvalue weighted by Gasteiger charge is -2.25. The maximum absolute atomic E-state index is 13.2. The summed E-state index contributed by atoms with van der Waals surface area (Å²) in [6.45, 7) is 0. The van der Waals surface area contributed by atoms with E-state index in [0.29, 0.717) is 23.4 Å². The summed E-state index contributed by atoms with van der Waals surface area (Å²) in [6.07, 6.45) is 4.73. The third-order valence-electron chi connectivity index (χ3n) is 6.91. The van der Waals surface area contributed by atoms with Gasteiger partial charge in [-0.1, -0.05) is 36.8 Å². The second kappa shape index (κ2) is 9.55. The third kappa shape index (κ3) is 4.68. The van der Waals surface area contributed by atoms with Gasteiger partial charge in [0.15, 0.2) is 5.78 Å². The number of benzene rings is 2. The van der Waals surface area contributed by atoms with Gasteiger partial charge < -0.3 is 9.52 Å². The number of anilines is 2. The first-order chi connectivity index (χ1) is 17.3. The van der Waals surface area contributed by atoms with Crippen LogP contribution in [-0.2, 0) is 16.6 Å². The number of ketones is 1. The summed E-state index contributed by atoms with van der Waals surface area (Å²) in [7, 11) is -4.17. The van der Waals surface area contributed by atoms with Crippen LogP contribution in [0.2, 0.25) is 0 Å².